The molecule has 0 atom stereocenters. The molecule has 2 aromatic rings. The average molecular weight is 233 g/mol. The normalized spacial score (nSPS) is 10.4. The summed E-state index contributed by atoms with van der Waals surface area (Å²) in [4.78, 5) is 1.24. The smallest absolute Gasteiger partial charge is 0.122 e. The molecule has 0 aliphatic heterocycles. The highest BCUT2D eigenvalue weighted by atomic mass is 32.1. The molecule has 2 N–H and O–H groups in total. The molecule has 2 rings (SSSR count). The first kappa shape index (κ1) is 11.2. The van der Waals surface area contributed by atoms with Crippen LogP contribution in [0.25, 0.3) is 0 Å². The summed E-state index contributed by atoms with van der Waals surface area (Å²) >= 11 is 1.71. The van der Waals surface area contributed by atoms with E-state index in [9.17, 15) is 0 Å². The summed E-state index contributed by atoms with van der Waals surface area (Å²) in [7, 11) is 0. The molecule has 0 bridgehead atoms. The number of nitrogens with two attached hydrogens (primary N) is 1. The Bertz CT molecular complexity index is 451. The van der Waals surface area contributed by atoms with Crippen LogP contribution in [0.15, 0.2) is 35.7 Å². The van der Waals surface area contributed by atoms with Crippen LogP contribution in [0.5, 0.6) is 5.75 Å². The maximum atomic E-state index is 5.70. The van der Waals surface area contributed by atoms with Crippen molar-refractivity contribution in [2.24, 2.45) is 5.73 Å². The summed E-state index contributed by atoms with van der Waals surface area (Å²) < 4.78 is 5.70. The summed E-state index contributed by atoms with van der Waals surface area (Å²) in [6.07, 6.45) is 0. The van der Waals surface area contributed by atoms with Gasteiger partial charge < -0.3 is 10.5 Å². The molecule has 84 valence electrons. The van der Waals surface area contributed by atoms with Crippen molar-refractivity contribution in [3.63, 3.8) is 0 Å². The minimum absolute atomic E-state index is 0.580. The quantitative estimate of drug-likeness (QED) is 0.880. The van der Waals surface area contributed by atoms with E-state index in [1.807, 2.05) is 24.3 Å². The van der Waals surface area contributed by atoms with Crippen molar-refractivity contribution in [2.45, 2.75) is 20.1 Å². The Morgan fingerprint density at radius 2 is 2.19 bits per heavy atom. The van der Waals surface area contributed by atoms with Crippen molar-refractivity contribution < 1.29 is 4.74 Å². The zero-order valence-electron chi connectivity index (χ0n) is 9.27. The lowest BCUT2D eigenvalue weighted by Crippen LogP contribution is -2.00. The third-order valence-corrected chi connectivity index (χ3v) is 3.35. The number of rotatable bonds is 4. The van der Waals surface area contributed by atoms with Gasteiger partial charge in [-0.2, -0.15) is 0 Å². The molecule has 0 unspecified atom stereocenters. The monoisotopic (exact) mass is 233 g/mol. The van der Waals surface area contributed by atoms with Crippen LogP contribution < -0.4 is 10.5 Å². The summed E-state index contributed by atoms with van der Waals surface area (Å²) in [5.41, 5.74) is 7.97. The van der Waals surface area contributed by atoms with E-state index >= 15 is 0 Å². The molecule has 1 aromatic carbocycles. The molecule has 0 spiro atoms. The van der Waals surface area contributed by atoms with Gasteiger partial charge in [-0.1, -0.05) is 12.1 Å². The van der Waals surface area contributed by atoms with Gasteiger partial charge in [-0.05, 0) is 41.6 Å². The first-order chi connectivity index (χ1) is 7.79. The van der Waals surface area contributed by atoms with Crippen molar-refractivity contribution >= 4 is 11.3 Å². The Hall–Kier alpha value is -1.32. The third-order valence-electron chi connectivity index (χ3n) is 2.50. The van der Waals surface area contributed by atoms with E-state index < -0.39 is 0 Å². The minimum atomic E-state index is 0.580. The van der Waals surface area contributed by atoms with E-state index in [2.05, 4.69) is 18.4 Å². The van der Waals surface area contributed by atoms with Crippen LogP contribution in [0.1, 0.15) is 16.0 Å². The maximum absolute atomic E-state index is 5.70. The zero-order chi connectivity index (χ0) is 11.4. The molecule has 0 radical (unpaired) electrons. The molecule has 0 fully saturated rings. The van der Waals surface area contributed by atoms with Gasteiger partial charge in [0, 0.05) is 11.4 Å². The Balaban J connectivity index is 2.02. The Labute approximate surface area is 99.7 Å². The van der Waals surface area contributed by atoms with Crippen LogP contribution >= 0.6 is 11.3 Å². The van der Waals surface area contributed by atoms with Crippen molar-refractivity contribution in [3.8, 4) is 5.75 Å². The maximum Gasteiger partial charge on any atom is 0.122 e. The largest absolute Gasteiger partial charge is 0.488 e. The number of thiophene rings is 1. The van der Waals surface area contributed by atoms with Crippen LogP contribution in [0.3, 0.4) is 0 Å². The topological polar surface area (TPSA) is 35.2 Å². The fourth-order valence-electron chi connectivity index (χ4n) is 1.54. The SMILES string of the molecule is Cc1cc(OCc2cccs2)ccc1CN. The van der Waals surface area contributed by atoms with Gasteiger partial charge in [-0.3, -0.25) is 0 Å². The second-order valence-corrected chi connectivity index (χ2v) is 4.69. The molecular weight excluding hydrogens is 218 g/mol. The Morgan fingerprint density at radius 3 is 2.81 bits per heavy atom. The second kappa shape index (κ2) is 5.14. The van der Waals surface area contributed by atoms with E-state index in [0.29, 0.717) is 13.2 Å². The van der Waals surface area contributed by atoms with Crippen molar-refractivity contribution in [1.82, 2.24) is 0 Å². The first-order valence-corrected chi connectivity index (χ1v) is 6.12. The van der Waals surface area contributed by atoms with Gasteiger partial charge >= 0.3 is 0 Å². The lowest BCUT2D eigenvalue weighted by atomic mass is 10.1. The fourth-order valence-corrected chi connectivity index (χ4v) is 2.15. The van der Waals surface area contributed by atoms with Gasteiger partial charge in [0.15, 0.2) is 0 Å². The van der Waals surface area contributed by atoms with Crippen LogP contribution in [0.2, 0.25) is 0 Å². The highest BCUT2D eigenvalue weighted by molar-refractivity contribution is 7.09. The molecule has 0 saturated carbocycles. The van der Waals surface area contributed by atoms with E-state index in [0.717, 1.165) is 5.75 Å². The number of aryl methyl sites for hydroxylation is 1. The van der Waals surface area contributed by atoms with Crippen LogP contribution in [0.4, 0.5) is 0 Å². The van der Waals surface area contributed by atoms with Crippen molar-refractivity contribution in [1.29, 1.82) is 0 Å². The molecule has 0 aliphatic carbocycles. The Kier molecular flexibility index (Phi) is 3.59. The zero-order valence-corrected chi connectivity index (χ0v) is 10.1. The van der Waals surface area contributed by atoms with Crippen LogP contribution in [-0.4, -0.2) is 0 Å². The fraction of sp³-hybridized carbons (Fsp3) is 0.231. The van der Waals surface area contributed by atoms with E-state index in [-0.39, 0.29) is 0 Å². The van der Waals surface area contributed by atoms with E-state index in [1.54, 1.807) is 11.3 Å². The van der Waals surface area contributed by atoms with Crippen molar-refractivity contribution in [3.05, 3.63) is 51.7 Å². The first-order valence-electron chi connectivity index (χ1n) is 5.24. The van der Waals surface area contributed by atoms with E-state index in [1.165, 1.54) is 16.0 Å². The lowest BCUT2D eigenvalue weighted by Gasteiger charge is -2.08. The van der Waals surface area contributed by atoms with Gasteiger partial charge in [0.05, 0.1) is 0 Å². The van der Waals surface area contributed by atoms with Crippen molar-refractivity contribution in [2.75, 3.05) is 0 Å². The minimum Gasteiger partial charge on any atom is -0.488 e. The summed E-state index contributed by atoms with van der Waals surface area (Å²) in [6, 6.07) is 10.1. The second-order valence-electron chi connectivity index (χ2n) is 3.66. The highest BCUT2D eigenvalue weighted by Crippen LogP contribution is 2.19. The molecule has 1 aromatic heterocycles. The average Bonchev–Trinajstić information content (AvgIpc) is 2.79. The summed E-state index contributed by atoms with van der Waals surface area (Å²) in [5, 5.41) is 2.06. The molecule has 0 saturated heterocycles. The van der Waals surface area contributed by atoms with Crippen LogP contribution in [-0.2, 0) is 13.2 Å². The number of hydrogen-bond acceptors (Lipinski definition) is 3. The molecule has 0 amide bonds. The molecular formula is C13H15NOS. The van der Waals surface area contributed by atoms with Gasteiger partial charge in [0.2, 0.25) is 0 Å². The molecule has 1 heterocycles. The predicted molar refractivity (Wildman–Crippen MR) is 67.7 cm³/mol. The highest BCUT2D eigenvalue weighted by Gasteiger charge is 2.00. The van der Waals surface area contributed by atoms with Gasteiger partial charge in [0.25, 0.3) is 0 Å². The van der Waals surface area contributed by atoms with E-state index in [4.69, 9.17) is 10.5 Å². The number of benzene rings is 1. The molecule has 16 heavy (non-hydrogen) atoms. The van der Waals surface area contributed by atoms with Gasteiger partial charge in [-0.15, -0.1) is 11.3 Å². The predicted octanol–water partition coefficient (Wildman–Crippen LogP) is 3.09. The van der Waals surface area contributed by atoms with Gasteiger partial charge in [0.1, 0.15) is 12.4 Å². The standard InChI is InChI=1S/C13H15NOS/c1-10-7-12(5-4-11(10)8-14)15-9-13-3-2-6-16-13/h2-7H,8-9,14H2,1H3. The Morgan fingerprint density at radius 1 is 1.31 bits per heavy atom. The summed E-state index contributed by atoms with van der Waals surface area (Å²) in [6.45, 7) is 3.27. The molecule has 3 heteroatoms. The van der Waals surface area contributed by atoms with Crippen LogP contribution in [0, 0.1) is 6.92 Å². The third kappa shape index (κ3) is 2.62. The molecule has 0 aliphatic rings. The van der Waals surface area contributed by atoms with Gasteiger partial charge in [-0.25, -0.2) is 0 Å². The lowest BCUT2D eigenvalue weighted by molar-refractivity contribution is 0.309. The number of ether oxygens (including phenoxy) is 1. The molecule has 2 nitrogen and oxygen atoms in total. The summed E-state index contributed by atoms with van der Waals surface area (Å²) in [5.74, 6) is 0.906. The number of hydrogen-bond donors (Lipinski definition) is 1.